The number of hydrogen-bond acceptors (Lipinski definition) is 5. The molecule has 0 spiro atoms. The number of esters is 1. The van der Waals surface area contributed by atoms with Crippen LogP contribution in [0.15, 0.2) is 0 Å². The maximum atomic E-state index is 12.3. The molecule has 3 aliphatic carbocycles. The molecular weight excluding hydrogens is 295 g/mol. The van der Waals surface area contributed by atoms with Gasteiger partial charge in [-0.15, -0.1) is 0 Å². The van der Waals surface area contributed by atoms with Crippen molar-refractivity contribution in [2.24, 2.45) is 10.8 Å². The van der Waals surface area contributed by atoms with E-state index in [1.54, 1.807) is 0 Å². The number of methoxy groups -OCH3 is 1. The molecular formula is C12H14F3NO3S. The Morgan fingerprint density at radius 3 is 2.15 bits per heavy atom. The number of halogens is 3. The predicted molar refractivity (Wildman–Crippen MR) is 66.6 cm³/mol. The first-order valence-electron chi connectivity index (χ1n) is 6.01. The Kier molecular flexibility index (Phi) is 3.43. The van der Waals surface area contributed by atoms with Crippen LogP contribution in [-0.4, -0.2) is 35.3 Å². The number of carbonyl (C=O) groups is 2. The summed E-state index contributed by atoms with van der Waals surface area (Å²) in [5.41, 5.74) is -1.06. The summed E-state index contributed by atoms with van der Waals surface area (Å²) < 4.78 is 41.5. The molecule has 1 atom stereocenters. The summed E-state index contributed by atoms with van der Waals surface area (Å²) in [5, 5.41) is 6.62. The number of ketones is 1. The van der Waals surface area contributed by atoms with E-state index in [0.29, 0.717) is 31.0 Å². The van der Waals surface area contributed by atoms with Gasteiger partial charge in [-0.05, 0) is 26.2 Å². The molecule has 112 valence electrons. The molecule has 0 aromatic heterocycles. The van der Waals surface area contributed by atoms with Gasteiger partial charge in [0.15, 0.2) is 0 Å². The highest BCUT2D eigenvalue weighted by molar-refractivity contribution is 8.15. The number of alkyl halides is 3. The normalized spacial score (nSPS) is 32.6. The lowest BCUT2D eigenvalue weighted by Gasteiger charge is -2.68. The SMILES string of the molecule is COC(=O)C12CC(C(=N)SC(C)C(=O)C(F)(F)F)(C1)C2. The van der Waals surface area contributed by atoms with Gasteiger partial charge >= 0.3 is 12.1 Å². The standard InChI is InChI=1S/C12H14F3NO3S/c1-6(7(17)12(13,14)15)20-8(16)10-3-11(4-10,5-10)9(18)19-2/h6,16H,3-5H2,1-2H3. The minimum atomic E-state index is -4.88. The van der Waals surface area contributed by atoms with Crippen molar-refractivity contribution in [2.75, 3.05) is 7.11 Å². The highest BCUT2D eigenvalue weighted by atomic mass is 32.2. The fraction of sp³-hybridized carbons (Fsp3) is 0.750. The Bertz CT molecular complexity index is 469. The number of carbonyl (C=O) groups excluding carboxylic acids is 2. The van der Waals surface area contributed by atoms with Crippen molar-refractivity contribution in [3.63, 3.8) is 0 Å². The van der Waals surface area contributed by atoms with Crippen LogP contribution in [0.2, 0.25) is 0 Å². The van der Waals surface area contributed by atoms with Crippen LogP contribution in [-0.2, 0) is 14.3 Å². The Morgan fingerprint density at radius 2 is 1.75 bits per heavy atom. The summed E-state index contributed by atoms with van der Waals surface area (Å²) in [5.74, 6) is -2.15. The van der Waals surface area contributed by atoms with Gasteiger partial charge in [-0.1, -0.05) is 11.8 Å². The molecule has 1 unspecified atom stereocenters. The summed E-state index contributed by atoms with van der Waals surface area (Å²) >= 11 is 0.635. The monoisotopic (exact) mass is 309 g/mol. The van der Waals surface area contributed by atoms with Crippen LogP contribution in [0.3, 0.4) is 0 Å². The van der Waals surface area contributed by atoms with Gasteiger partial charge in [0.05, 0.1) is 22.8 Å². The van der Waals surface area contributed by atoms with Gasteiger partial charge in [-0.2, -0.15) is 13.2 Å². The maximum absolute atomic E-state index is 12.3. The quantitative estimate of drug-likeness (QED) is 0.492. The van der Waals surface area contributed by atoms with Gasteiger partial charge in [0.2, 0.25) is 5.78 Å². The van der Waals surface area contributed by atoms with E-state index in [4.69, 9.17) is 5.41 Å². The topological polar surface area (TPSA) is 67.2 Å². The van der Waals surface area contributed by atoms with Crippen LogP contribution in [0.1, 0.15) is 26.2 Å². The summed E-state index contributed by atoms with van der Waals surface area (Å²) in [6.07, 6.45) is -3.57. The number of ether oxygens (including phenoxy) is 1. The minimum Gasteiger partial charge on any atom is -0.469 e. The van der Waals surface area contributed by atoms with Crippen molar-refractivity contribution >= 4 is 28.6 Å². The molecule has 0 aromatic carbocycles. The van der Waals surface area contributed by atoms with Crippen LogP contribution >= 0.6 is 11.8 Å². The van der Waals surface area contributed by atoms with E-state index in [0.717, 1.165) is 6.92 Å². The Balaban J connectivity index is 1.91. The van der Waals surface area contributed by atoms with Crippen LogP contribution < -0.4 is 0 Å². The minimum absolute atomic E-state index is 0.0633. The summed E-state index contributed by atoms with van der Waals surface area (Å²) in [7, 11) is 1.29. The third-order valence-corrected chi connectivity index (χ3v) is 5.31. The van der Waals surface area contributed by atoms with Crippen molar-refractivity contribution in [1.82, 2.24) is 0 Å². The maximum Gasteiger partial charge on any atom is 0.451 e. The first-order valence-corrected chi connectivity index (χ1v) is 6.89. The second-order valence-corrected chi connectivity index (χ2v) is 6.88. The lowest BCUT2D eigenvalue weighted by Crippen LogP contribution is -2.68. The molecule has 0 heterocycles. The van der Waals surface area contributed by atoms with Crippen LogP contribution in [0.25, 0.3) is 0 Å². The summed E-state index contributed by atoms with van der Waals surface area (Å²) in [4.78, 5) is 22.5. The van der Waals surface area contributed by atoms with E-state index in [9.17, 15) is 22.8 Å². The highest BCUT2D eigenvalue weighted by Gasteiger charge is 2.74. The lowest BCUT2D eigenvalue weighted by molar-refractivity contribution is -0.201. The molecule has 3 rings (SSSR count). The molecule has 20 heavy (non-hydrogen) atoms. The molecule has 4 nitrogen and oxygen atoms in total. The molecule has 2 bridgehead atoms. The number of rotatable bonds is 4. The molecule has 1 N–H and O–H groups in total. The molecule has 8 heteroatoms. The molecule has 0 amide bonds. The van der Waals surface area contributed by atoms with Crippen molar-refractivity contribution < 1.29 is 27.5 Å². The van der Waals surface area contributed by atoms with E-state index >= 15 is 0 Å². The van der Waals surface area contributed by atoms with Crippen LogP contribution in [0.5, 0.6) is 0 Å². The third-order valence-electron chi connectivity index (χ3n) is 4.07. The Hall–Kier alpha value is -1.05. The molecule has 3 saturated carbocycles. The summed E-state index contributed by atoms with van der Waals surface area (Å²) in [6.45, 7) is 1.15. The fourth-order valence-corrected chi connectivity index (χ4v) is 4.11. The zero-order chi connectivity index (χ0) is 15.3. The third kappa shape index (κ3) is 2.13. The van der Waals surface area contributed by atoms with E-state index in [2.05, 4.69) is 4.74 Å². The van der Waals surface area contributed by atoms with Gasteiger partial charge in [0.1, 0.15) is 0 Å². The van der Waals surface area contributed by atoms with Gasteiger partial charge in [0, 0.05) is 5.41 Å². The zero-order valence-electron chi connectivity index (χ0n) is 11.0. The van der Waals surface area contributed by atoms with Gasteiger partial charge in [-0.3, -0.25) is 15.0 Å². The summed E-state index contributed by atoms with van der Waals surface area (Å²) in [6, 6.07) is 0. The Morgan fingerprint density at radius 1 is 1.25 bits per heavy atom. The van der Waals surface area contributed by atoms with E-state index in [1.165, 1.54) is 7.11 Å². The van der Waals surface area contributed by atoms with Crippen molar-refractivity contribution in [1.29, 1.82) is 5.41 Å². The molecule has 0 radical (unpaired) electrons. The number of hydrogen-bond donors (Lipinski definition) is 1. The largest absolute Gasteiger partial charge is 0.469 e. The second-order valence-electron chi connectivity index (χ2n) is 5.53. The second kappa shape index (κ2) is 4.47. The Labute approximate surface area is 117 Å². The first kappa shape index (κ1) is 15.3. The van der Waals surface area contributed by atoms with Crippen molar-refractivity contribution in [2.45, 2.75) is 37.6 Å². The fourth-order valence-electron chi connectivity index (χ4n) is 3.05. The molecule has 0 aromatic rings. The first-order chi connectivity index (χ1) is 9.06. The van der Waals surface area contributed by atoms with Gasteiger partial charge in [0.25, 0.3) is 0 Å². The van der Waals surface area contributed by atoms with E-state index < -0.39 is 28.0 Å². The lowest BCUT2D eigenvalue weighted by atomic mass is 9.35. The van der Waals surface area contributed by atoms with E-state index in [1.807, 2.05) is 0 Å². The van der Waals surface area contributed by atoms with Crippen LogP contribution in [0, 0.1) is 16.2 Å². The number of thioether (sulfide) groups is 1. The smallest absolute Gasteiger partial charge is 0.451 e. The number of Topliss-reactive ketones (excluding diaryl/α,β-unsaturated/α-hetero) is 1. The average Bonchev–Trinajstić information content (AvgIpc) is 2.22. The van der Waals surface area contributed by atoms with Crippen molar-refractivity contribution in [3.05, 3.63) is 0 Å². The predicted octanol–water partition coefficient (Wildman–Crippen LogP) is 2.56. The van der Waals surface area contributed by atoms with Crippen molar-refractivity contribution in [3.8, 4) is 0 Å². The van der Waals surface area contributed by atoms with Gasteiger partial charge in [-0.25, -0.2) is 0 Å². The zero-order valence-corrected chi connectivity index (χ0v) is 11.8. The highest BCUT2D eigenvalue weighted by Crippen LogP contribution is 2.75. The average molecular weight is 309 g/mol. The van der Waals surface area contributed by atoms with Crippen LogP contribution in [0.4, 0.5) is 13.2 Å². The molecule has 0 saturated heterocycles. The van der Waals surface area contributed by atoms with E-state index in [-0.39, 0.29) is 11.0 Å². The number of nitrogens with one attached hydrogen (secondary N) is 1. The van der Waals surface area contributed by atoms with Gasteiger partial charge < -0.3 is 4.74 Å². The molecule has 3 aliphatic rings. The molecule has 0 aliphatic heterocycles. The molecule has 3 fully saturated rings.